The number of thioether (sulfide) groups is 1. The molecular formula is C26H37N5O7S. The quantitative estimate of drug-likeness (QED) is 0.154. The first-order valence-corrected chi connectivity index (χ1v) is 14.0. The van der Waals surface area contributed by atoms with Crippen LogP contribution in [-0.4, -0.2) is 81.0 Å². The van der Waals surface area contributed by atoms with Crippen LogP contribution in [-0.2, 0) is 30.4 Å². The summed E-state index contributed by atoms with van der Waals surface area (Å²) in [5, 5.41) is 27.2. The van der Waals surface area contributed by atoms with E-state index in [-0.39, 0.29) is 25.2 Å². The summed E-state index contributed by atoms with van der Waals surface area (Å²) in [7, 11) is 0. The predicted octanol–water partition coefficient (Wildman–Crippen LogP) is 0.851. The summed E-state index contributed by atoms with van der Waals surface area (Å²) in [5.74, 6) is -4.11. The van der Waals surface area contributed by atoms with Gasteiger partial charge in [0.2, 0.25) is 17.7 Å². The molecule has 13 heteroatoms. The number of carboxylic acid groups (broad SMARTS) is 2. The monoisotopic (exact) mass is 563 g/mol. The number of carboxylic acids is 2. The van der Waals surface area contributed by atoms with E-state index in [4.69, 9.17) is 10.8 Å². The number of rotatable bonds is 16. The fraction of sp³-hybridized carbons (Fsp3) is 0.500. The third-order valence-electron chi connectivity index (χ3n) is 6.03. The minimum atomic E-state index is -1.34. The summed E-state index contributed by atoms with van der Waals surface area (Å²) in [6.45, 7) is 3.70. The number of para-hydroxylation sites is 1. The second kappa shape index (κ2) is 15.1. The SMILES string of the molecule is CSCCC(NC(=O)C(N)CC(=O)O)C(=O)NC(CC(C)C)C(=O)NC(Cc1c[nH]c2ccccc12)C(=O)O. The summed E-state index contributed by atoms with van der Waals surface area (Å²) in [4.78, 5) is 64.8. The van der Waals surface area contributed by atoms with Crippen molar-refractivity contribution in [3.05, 3.63) is 36.0 Å². The number of hydrogen-bond acceptors (Lipinski definition) is 7. The molecule has 0 fully saturated rings. The van der Waals surface area contributed by atoms with E-state index in [1.165, 1.54) is 11.8 Å². The standard InChI is InChI=1S/C26H37N5O7S/c1-14(2)10-20(30-24(35)19(8-9-39-3)29-23(34)17(27)12-22(32)33)25(36)31-21(26(37)38)11-15-13-28-18-7-5-4-6-16(15)18/h4-7,13-14,17,19-21,28H,8-12,27H2,1-3H3,(H,29,34)(H,30,35)(H,31,36)(H,32,33)(H,37,38). The van der Waals surface area contributed by atoms with E-state index in [1.54, 1.807) is 6.20 Å². The van der Waals surface area contributed by atoms with Crippen LogP contribution in [0.25, 0.3) is 10.9 Å². The van der Waals surface area contributed by atoms with Crippen LogP contribution >= 0.6 is 11.8 Å². The molecule has 4 unspecified atom stereocenters. The number of aliphatic carboxylic acids is 2. The number of benzene rings is 1. The largest absolute Gasteiger partial charge is 0.481 e. The van der Waals surface area contributed by atoms with Gasteiger partial charge in [0.25, 0.3) is 0 Å². The van der Waals surface area contributed by atoms with Crippen LogP contribution in [0.2, 0.25) is 0 Å². The molecule has 0 aliphatic carbocycles. The van der Waals surface area contributed by atoms with Crippen molar-refractivity contribution in [1.29, 1.82) is 0 Å². The molecule has 214 valence electrons. The highest BCUT2D eigenvalue weighted by Gasteiger charge is 2.31. The molecule has 4 atom stereocenters. The number of carbonyl (C=O) groups is 5. The molecule has 0 radical (unpaired) electrons. The molecule has 1 aromatic heterocycles. The van der Waals surface area contributed by atoms with E-state index < -0.39 is 60.2 Å². The van der Waals surface area contributed by atoms with Crippen molar-refractivity contribution < 1.29 is 34.2 Å². The van der Waals surface area contributed by atoms with Gasteiger partial charge in [-0.3, -0.25) is 19.2 Å². The molecule has 12 nitrogen and oxygen atoms in total. The van der Waals surface area contributed by atoms with Gasteiger partial charge in [-0.25, -0.2) is 4.79 Å². The predicted molar refractivity (Wildman–Crippen MR) is 148 cm³/mol. The minimum absolute atomic E-state index is 0.0267. The number of fused-ring (bicyclic) bond motifs is 1. The number of carbonyl (C=O) groups excluding carboxylic acids is 3. The van der Waals surface area contributed by atoms with Crippen LogP contribution in [0, 0.1) is 5.92 Å². The second-order valence-corrected chi connectivity index (χ2v) is 10.7. The molecular weight excluding hydrogens is 526 g/mol. The molecule has 0 aliphatic rings. The molecule has 3 amide bonds. The first-order valence-electron chi connectivity index (χ1n) is 12.6. The Kier molecular flexibility index (Phi) is 12.3. The summed E-state index contributed by atoms with van der Waals surface area (Å²) in [6.07, 6.45) is 3.39. The van der Waals surface area contributed by atoms with Crippen LogP contribution in [0.15, 0.2) is 30.5 Å². The Morgan fingerprint density at radius 3 is 2.18 bits per heavy atom. The van der Waals surface area contributed by atoms with Gasteiger partial charge < -0.3 is 36.9 Å². The lowest BCUT2D eigenvalue weighted by molar-refractivity contribution is -0.142. The lowest BCUT2D eigenvalue weighted by Crippen LogP contribution is -2.57. The Morgan fingerprint density at radius 2 is 1.56 bits per heavy atom. The van der Waals surface area contributed by atoms with Gasteiger partial charge >= 0.3 is 11.9 Å². The molecule has 2 rings (SSSR count). The molecule has 8 N–H and O–H groups in total. The summed E-state index contributed by atoms with van der Waals surface area (Å²) < 4.78 is 0. The Bertz CT molecular complexity index is 1170. The Hall–Kier alpha value is -3.58. The number of nitrogens with two attached hydrogens (primary N) is 1. The number of amides is 3. The number of aromatic amines is 1. The maximum atomic E-state index is 13.2. The lowest BCUT2D eigenvalue weighted by Gasteiger charge is -2.26. The van der Waals surface area contributed by atoms with Crippen LogP contribution in [0.1, 0.15) is 38.7 Å². The van der Waals surface area contributed by atoms with E-state index in [9.17, 15) is 29.1 Å². The number of aromatic nitrogens is 1. The maximum absolute atomic E-state index is 13.2. The van der Waals surface area contributed by atoms with E-state index in [0.29, 0.717) is 5.75 Å². The third kappa shape index (κ3) is 9.91. The molecule has 2 aromatic rings. The average molecular weight is 564 g/mol. The van der Waals surface area contributed by atoms with Gasteiger partial charge in [0, 0.05) is 23.5 Å². The zero-order valence-electron chi connectivity index (χ0n) is 22.2. The fourth-order valence-electron chi connectivity index (χ4n) is 4.03. The molecule has 0 bridgehead atoms. The summed E-state index contributed by atoms with van der Waals surface area (Å²) >= 11 is 1.44. The van der Waals surface area contributed by atoms with Crippen molar-refractivity contribution in [3.8, 4) is 0 Å². The van der Waals surface area contributed by atoms with Gasteiger partial charge in [-0.2, -0.15) is 11.8 Å². The molecule has 39 heavy (non-hydrogen) atoms. The van der Waals surface area contributed by atoms with Crippen molar-refractivity contribution in [3.63, 3.8) is 0 Å². The zero-order valence-corrected chi connectivity index (χ0v) is 23.0. The van der Waals surface area contributed by atoms with Gasteiger partial charge in [0.1, 0.15) is 18.1 Å². The minimum Gasteiger partial charge on any atom is -0.481 e. The first kappa shape index (κ1) is 31.6. The Labute approximate surface area is 230 Å². The summed E-state index contributed by atoms with van der Waals surface area (Å²) in [6, 6.07) is 2.69. The highest BCUT2D eigenvalue weighted by Crippen LogP contribution is 2.19. The van der Waals surface area contributed by atoms with E-state index in [0.717, 1.165) is 16.5 Å². The van der Waals surface area contributed by atoms with Crippen molar-refractivity contribution in [2.24, 2.45) is 11.7 Å². The second-order valence-electron chi connectivity index (χ2n) is 9.70. The van der Waals surface area contributed by atoms with Gasteiger partial charge in [-0.15, -0.1) is 0 Å². The van der Waals surface area contributed by atoms with Crippen molar-refractivity contribution in [2.45, 2.75) is 63.7 Å². The number of H-pyrrole nitrogens is 1. The highest BCUT2D eigenvalue weighted by atomic mass is 32.2. The Morgan fingerprint density at radius 1 is 0.949 bits per heavy atom. The topological polar surface area (TPSA) is 204 Å². The first-order chi connectivity index (χ1) is 18.4. The average Bonchev–Trinajstić information content (AvgIpc) is 3.27. The molecule has 0 saturated carbocycles. The maximum Gasteiger partial charge on any atom is 0.326 e. The number of hydrogen-bond donors (Lipinski definition) is 7. The molecule has 0 spiro atoms. The highest BCUT2D eigenvalue weighted by molar-refractivity contribution is 7.98. The van der Waals surface area contributed by atoms with E-state index in [2.05, 4.69) is 20.9 Å². The molecule has 1 aromatic carbocycles. The fourth-order valence-corrected chi connectivity index (χ4v) is 4.50. The van der Waals surface area contributed by atoms with Gasteiger partial charge in [-0.05, 0) is 42.4 Å². The van der Waals surface area contributed by atoms with Crippen LogP contribution in [0.4, 0.5) is 0 Å². The molecule has 0 saturated heterocycles. The van der Waals surface area contributed by atoms with Gasteiger partial charge in [0.05, 0.1) is 12.5 Å². The summed E-state index contributed by atoms with van der Waals surface area (Å²) in [5.41, 5.74) is 7.20. The van der Waals surface area contributed by atoms with Gasteiger partial charge in [-0.1, -0.05) is 32.0 Å². The zero-order chi connectivity index (χ0) is 29.1. The molecule has 0 aliphatic heterocycles. The van der Waals surface area contributed by atoms with Crippen LogP contribution in [0.3, 0.4) is 0 Å². The van der Waals surface area contributed by atoms with E-state index >= 15 is 0 Å². The van der Waals surface area contributed by atoms with Crippen LogP contribution < -0.4 is 21.7 Å². The third-order valence-corrected chi connectivity index (χ3v) is 6.67. The Balaban J connectivity index is 2.17. The van der Waals surface area contributed by atoms with Gasteiger partial charge in [0.15, 0.2) is 0 Å². The van der Waals surface area contributed by atoms with Crippen molar-refractivity contribution in [1.82, 2.24) is 20.9 Å². The normalized spacial score (nSPS) is 14.3. The number of nitrogens with one attached hydrogen (secondary N) is 4. The van der Waals surface area contributed by atoms with Crippen LogP contribution in [0.5, 0.6) is 0 Å². The van der Waals surface area contributed by atoms with Crippen molar-refractivity contribution in [2.75, 3.05) is 12.0 Å². The lowest BCUT2D eigenvalue weighted by atomic mass is 10.0. The molecule has 1 heterocycles. The van der Waals surface area contributed by atoms with Crippen molar-refractivity contribution >= 4 is 52.3 Å². The smallest absolute Gasteiger partial charge is 0.326 e. The van der Waals surface area contributed by atoms with E-state index in [1.807, 2.05) is 44.4 Å².